The molecule has 18 heavy (non-hydrogen) atoms. The van der Waals surface area contributed by atoms with Gasteiger partial charge in [0.25, 0.3) is 5.91 Å². The third-order valence-electron chi connectivity index (χ3n) is 2.99. The summed E-state index contributed by atoms with van der Waals surface area (Å²) in [5.41, 5.74) is 2.14. The lowest BCUT2D eigenvalue weighted by Crippen LogP contribution is -2.36. The van der Waals surface area contributed by atoms with Crippen molar-refractivity contribution in [2.24, 2.45) is 0 Å². The Morgan fingerprint density at radius 3 is 3.00 bits per heavy atom. The number of hydrogen-bond donors (Lipinski definition) is 0. The van der Waals surface area contributed by atoms with Gasteiger partial charge >= 0.3 is 0 Å². The lowest BCUT2D eigenvalue weighted by Gasteiger charge is -2.25. The summed E-state index contributed by atoms with van der Waals surface area (Å²) in [5, 5.41) is 3.74. The number of fused-ring (bicyclic) bond motifs is 1. The number of nitrogens with zero attached hydrogens (tertiary/aromatic N) is 4. The van der Waals surface area contributed by atoms with E-state index in [-0.39, 0.29) is 5.91 Å². The molecule has 3 heterocycles. The Balaban J connectivity index is 1.80. The highest BCUT2D eigenvalue weighted by atomic mass is 16.5. The largest absolute Gasteiger partial charge is 0.361 e. The van der Waals surface area contributed by atoms with Crippen molar-refractivity contribution in [1.82, 2.24) is 20.0 Å². The lowest BCUT2D eigenvalue weighted by atomic mass is 10.1. The Hall–Kier alpha value is -2.24. The van der Waals surface area contributed by atoms with E-state index in [0.29, 0.717) is 25.2 Å². The van der Waals surface area contributed by atoms with Gasteiger partial charge < -0.3 is 9.42 Å². The van der Waals surface area contributed by atoms with Crippen molar-refractivity contribution in [3.05, 3.63) is 41.3 Å². The molecule has 0 saturated carbocycles. The van der Waals surface area contributed by atoms with Crippen LogP contribution in [0.4, 0.5) is 0 Å². The van der Waals surface area contributed by atoms with Crippen molar-refractivity contribution in [2.75, 3.05) is 6.54 Å². The Kier molecular flexibility index (Phi) is 2.55. The molecule has 0 N–H and O–H groups in total. The van der Waals surface area contributed by atoms with Crippen molar-refractivity contribution in [3.63, 3.8) is 0 Å². The van der Waals surface area contributed by atoms with Gasteiger partial charge in [-0.1, -0.05) is 5.16 Å². The quantitative estimate of drug-likeness (QED) is 0.747. The van der Waals surface area contributed by atoms with E-state index in [2.05, 4.69) is 15.1 Å². The van der Waals surface area contributed by atoms with Gasteiger partial charge in [0, 0.05) is 24.7 Å². The molecule has 1 aliphatic heterocycles. The minimum absolute atomic E-state index is 0.102. The third-order valence-corrected chi connectivity index (χ3v) is 2.99. The molecule has 1 aliphatic rings. The van der Waals surface area contributed by atoms with Crippen molar-refractivity contribution in [2.45, 2.75) is 19.9 Å². The van der Waals surface area contributed by atoms with Gasteiger partial charge in [-0.3, -0.25) is 9.78 Å². The highest BCUT2D eigenvalue weighted by molar-refractivity contribution is 5.92. The molecule has 0 aliphatic carbocycles. The van der Waals surface area contributed by atoms with Crippen LogP contribution in [-0.2, 0) is 13.0 Å². The van der Waals surface area contributed by atoms with Gasteiger partial charge in [0.05, 0.1) is 24.6 Å². The number of hydrogen-bond acceptors (Lipinski definition) is 5. The van der Waals surface area contributed by atoms with Gasteiger partial charge in [-0.15, -0.1) is 0 Å². The second-order valence-corrected chi connectivity index (χ2v) is 4.29. The highest BCUT2D eigenvalue weighted by Crippen LogP contribution is 2.19. The summed E-state index contributed by atoms with van der Waals surface area (Å²) >= 11 is 0. The van der Waals surface area contributed by atoms with E-state index in [1.54, 1.807) is 17.3 Å². The summed E-state index contributed by atoms with van der Waals surface area (Å²) in [5.74, 6) is 0.767. The molecule has 0 fully saturated rings. The summed E-state index contributed by atoms with van der Waals surface area (Å²) in [6.07, 6.45) is 5.47. The van der Waals surface area contributed by atoms with Crippen molar-refractivity contribution in [3.8, 4) is 0 Å². The monoisotopic (exact) mass is 244 g/mol. The van der Waals surface area contributed by atoms with Crippen molar-refractivity contribution >= 4 is 5.91 Å². The topological polar surface area (TPSA) is 72.1 Å². The van der Waals surface area contributed by atoms with E-state index >= 15 is 0 Å². The minimum atomic E-state index is -0.102. The van der Waals surface area contributed by atoms with E-state index in [1.807, 2.05) is 6.92 Å². The van der Waals surface area contributed by atoms with Gasteiger partial charge in [-0.25, -0.2) is 4.98 Å². The van der Waals surface area contributed by atoms with Crippen LogP contribution in [0.15, 0.2) is 23.1 Å². The predicted molar refractivity (Wildman–Crippen MR) is 61.7 cm³/mol. The summed E-state index contributed by atoms with van der Waals surface area (Å²) in [4.78, 5) is 22.1. The molecular formula is C12H12N4O2. The first-order valence-corrected chi connectivity index (χ1v) is 5.74. The molecule has 3 rings (SSSR count). The molecule has 92 valence electrons. The standard InChI is InChI=1S/C12H12N4O2/c1-8-4-14-10(6-13-8)12(17)16-3-2-11-9(7-16)5-15-18-11/h4-6H,2-3,7H2,1H3. The third kappa shape index (κ3) is 1.85. The first-order chi connectivity index (χ1) is 8.74. The summed E-state index contributed by atoms with van der Waals surface area (Å²) < 4.78 is 5.09. The van der Waals surface area contributed by atoms with Gasteiger partial charge in [0.2, 0.25) is 0 Å². The van der Waals surface area contributed by atoms with E-state index in [0.717, 1.165) is 17.0 Å². The van der Waals surface area contributed by atoms with Crippen LogP contribution in [0.5, 0.6) is 0 Å². The number of aryl methyl sites for hydroxylation is 1. The lowest BCUT2D eigenvalue weighted by molar-refractivity contribution is 0.0722. The molecular weight excluding hydrogens is 232 g/mol. The Morgan fingerprint density at radius 2 is 2.22 bits per heavy atom. The van der Waals surface area contributed by atoms with E-state index in [9.17, 15) is 4.79 Å². The van der Waals surface area contributed by atoms with Crippen LogP contribution in [0.1, 0.15) is 27.5 Å². The average molecular weight is 244 g/mol. The van der Waals surface area contributed by atoms with Crippen LogP contribution in [0.25, 0.3) is 0 Å². The maximum atomic E-state index is 12.2. The molecule has 0 radical (unpaired) electrons. The first-order valence-electron chi connectivity index (χ1n) is 5.74. The van der Waals surface area contributed by atoms with E-state index in [1.165, 1.54) is 6.20 Å². The summed E-state index contributed by atoms with van der Waals surface area (Å²) in [6.45, 7) is 2.98. The van der Waals surface area contributed by atoms with Gasteiger partial charge in [0.1, 0.15) is 11.5 Å². The van der Waals surface area contributed by atoms with E-state index in [4.69, 9.17) is 4.52 Å². The molecule has 6 heteroatoms. The van der Waals surface area contributed by atoms with Crippen LogP contribution < -0.4 is 0 Å². The van der Waals surface area contributed by atoms with E-state index < -0.39 is 0 Å². The second kappa shape index (κ2) is 4.21. The number of amides is 1. The van der Waals surface area contributed by atoms with Crippen LogP contribution >= 0.6 is 0 Å². The van der Waals surface area contributed by atoms with Gasteiger partial charge in [0.15, 0.2) is 0 Å². The fourth-order valence-corrected chi connectivity index (χ4v) is 1.98. The molecule has 0 unspecified atom stereocenters. The van der Waals surface area contributed by atoms with Crippen LogP contribution in [0, 0.1) is 6.92 Å². The number of carbonyl (C=O) groups excluding carboxylic acids is 1. The molecule has 2 aromatic rings. The van der Waals surface area contributed by atoms with Crippen LogP contribution in [0.3, 0.4) is 0 Å². The summed E-state index contributed by atoms with van der Waals surface area (Å²) in [6, 6.07) is 0. The number of rotatable bonds is 1. The zero-order valence-corrected chi connectivity index (χ0v) is 9.96. The van der Waals surface area contributed by atoms with Gasteiger partial charge in [-0.05, 0) is 6.92 Å². The van der Waals surface area contributed by atoms with Crippen molar-refractivity contribution < 1.29 is 9.32 Å². The Morgan fingerprint density at radius 1 is 1.33 bits per heavy atom. The minimum Gasteiger partial charge on any atom is -0.361 e. The molecule has 6 nitrogen and oxygen atoms in total. The zero-order chi connectivity index (χ0) is 12.5. The smallest absolute Gasteiger partial charge is 0.274 e. The fourth-order valence-electron chi connectivity index (χ4n) is 1.98. The Labute approximate surface area is 104 Å². The molecule has 0 atom stereocenters. The van der Waals surface area contributed by atoms with Gasteiger partial charge in [-0.2, -0.15) is 0 Å². The number of aromatic nitrogens is 3. The SMILES string of the molecule is Cc1cnc(C(=O)N2CCc3oncc3C2)cn1. The average Bonchev–Trinajstić information content (AvgIpc) is 2.86. The maximum absolute atomic E-state index is 12.2. The molecule has 2 aromatic heterocycles. The molecule has 0 saturated heterocycles. The predicted octanol–water partition coefficient (Wildman–Crippen LogP) is 0.972. The first kappa shape index (κ1) is 10.9. The van der Waals surface area contributed by atoms with Crippen LogP contribution in [-0.4, -0.2) is 32.5 Å². The molecule has 0 aromatic carbocycles. The van der Waals surface area contributed by atoms with Crippen LogP contribution in [0.2, 0.25) is 0 Å². The Bertz CT molecular complexity index is 576. The molecule has 0 spiro atoms. The molecule has 0 bridgehead atoms. The normalized spacial score (nSPS) is 14.4. The fraction of sp³-hybridized carbons (Fsp3) is 0.333. The second-order valence-electron chi connectivity index (χ2n) is 4.29. The highest BCUT2D eigenvalue weighted by Gasteiger charge is 2.25. The summed E-state index contributed by atoms with van der Waals surface area (Å²) in [7, 11) is 0. The molecule has 1 amide bonds. The van der Waals surface area contributed by atoms with Crippen molar-refractivity contribution in [1.29, 1.82) is 0 Å². The maximum Gasteiger partial charge on any atom is 0.274 e. The number of carbonyl (C=O) groups is 1. The zero-order valence-electron chi connectivity index (χ0n) is 9.96.